The summed E-state index contributed by atoms with van der Waals surface area (Å²) in [5.41, 5.74) is -0.648. The van der Waals surface area contributed by atoms with Crippen molar-refractivity contribution in [2.75, 3.05) is 6.61 Å². The van der Waals surface area contributed by atoms with Gasteiger partial charge in [-0.25, -0.2) is 0 Å². The first-order chi connectivity index (χ1) is 22.2. The molecule has 48 heavy (non-hydrogen) atoms. The molecule has 5 fully saturated rings. The first-order valence-electron chi connectivity index (χ1n) is 18.4. The number of ether oxygens (including phenoxy) is 2. The van der Waals surface area contributed by atoms with E-state index >= 15 is 0 Å². The topological polar surface area (TPSA) is 166 Å². The Kier molecular flexibility index (Phi) is 8.86. The summed E-state index contributed by atoms with van der Waals surface area (Å²) in [5, 5.41) is 56.6. The van der Waals surface area contributed by atoms with E-state index in [1.165, 1.54) is 12.5 Å². The normalized spacial score (nSPS) is 50.9. The third-order valence-electron chi connectivity index (χ3n) is 15.6. The molecule has 6 N–H and O–H groups in total. The third-order valence-corrected chi connectivity index (χ3v) is 15.6. The fraction of sp³-hybridized carbons (Fsp3) is 0.895. The number of aliphatic hydroxyl groups excluding tert-OH is 4. The first-order valence-corrected chi connectivity index (χ1v) is 18.4. The van der Waals surface area contributed by atoms with Crippen molar-refractivity contribution < 1.29 is 44.6 Å². The molecule has 0 aromatic rings. The van der Waals surface area contributed by atoms with Crippen LogP contribution in [-0.4, -0.2) is 86.9 Å². The minimum absolute atomic E-state index is 0.0124. The Labute approximate surface area is 286 Å². The van der Waals surface area contributed by atoms with Gasteiger partial charge in [0.05, 0.1) is 18.8 Å². The molecule has 6 rings (SSSR count). The Morgan fingerprint density at radius 1 is 0.938 bits per heavy atom. The number of aliphatic hydroxyl groups is 4. The van der Waals surface area contributed by atoms with E-state index in [0.717, 1.165) is 44.9 Å². The summed E-state index contributed by atoms with van der Waals surface area (Å²) < 4.78 is 12.7. The fourth-order valence-electron chi connectivity index (χ4n) is 12.7. The van der Waals surface area contributed by atoms with Crippen LogP contribution >= 0.6 is 0 Å². The molecular formula is C38H61NO9. The van der Waals surface area contributed by atoms with E-state index in [2.05, 4.69) is 59.9 Å². The zero-order chi connectivity index (χ0) is 35.4. The van der Waals surface area contributed by atoms with Crippen LogP contribution in [0.1, 0.15) is 113 Å². The van der Waals surface area contributed by atoms with Gasteiger partial charge in [0, 0.05) is 6.92 Å². The minimum atomic E-state index is -1.37. The molecule has 0 aromatic carbocycles. The van der Waals surface area contributed by atoms with Crippen molar-refractivity contribution in [2.45, 2.75) is 156 Å². The van der Waals surface area contributed by atoms with E-state index in [-0.39, 0.29) is 50.9 Å². The quantitative estimate of drug-likeness (QED) is 0.185. The van der Waals surface area contributed by atoms with Gasteiger partial charge in [0.1, 0.15) is 29.8 Å². The third kappa shape index (κ3) is 5.01. The SMILES string of the molecule is CC(=O)N[C@H]1[C@@H](O[C@@H]2CC[C@]3(C)[C@H](CC[C@]4(C)[C@@H]3CC=C3[C@H]5CC(C)(C)CC[C@]5(C(=O)O)[C@@H](O)C[C@@]34C)C2(C)C)O[C@@H](CO)[C@@H](O)[C@H]1O. The molecule has 1 saturated heterocycles. The number of carbonyl (C=O) groups excluding carboxylic acids is 1. The Bertz CT molecular complexity index is 1330. The van der Waals surface area contributed by atoms with Crippen molar-refractivity contribution in [3.63, 3.8) is 0 Å². The summed E-state index contributed by atoms with van der Waals surface area (Å²) in [6, 6.07) is -0.985. The van der Waals surface area contributed by atoms with Crippen LogP contribution in [0.3, 0.4) is 0 Å². The van der Waals surface area contributed by atoms with Gasteiger partial charge in [-0.15, -0.1) is 0 Å². The van der Waals surface area contributed by atoms with E-state index in [1.807, 2.05) is 0 Å². The maximum absolute atomic E-state index is 13.0. The number of aliphatic carboxylic acids is 1. The second-order valence-corrected chi connectivity index (χ2v) is 18.7. The van der Waals surface area contributed by atoms with Gasteiger partial charge >= 0.3 is 5.97 Å². The van der Waals surface area contributed by atoms with Gasteiger partial charge in [0.2, 0.25) is 5.91 Å². The average molecular weight is 676 g/mol. The number of rotatable bonds is 5. The van der Waals surface area contributed by atoms with Crippen molar-refractivity contribution in [1.29, 1.82) is 0 Å². The van der Waals surface area contributed by atoms with Gasteiger partial charge in [-0.05, 0) is 103 Å². The van der Waals surface area contributed by atoms with Crippen molar-refractivity contribution in [3.05, 3.63) is 11.6 Å². The van der Waals surface area contributed by atoms with Gasteiger partial charge in [-0.1, -0.05) is 60.1 Å². The predicted molar refractivity (Wildman–Crippen MR) is 178 cm³/mol. The average Bonchev–Trinajstić information content (AvgIpc) is 2.97. The van der Waals surface area contributed by atoms with Crippen molar-refractivity contribution in [3.8, 4) is 0 Å². The van der Waals surface area contributed by atoms with Gasteiger partial charge in [-0.3, -0.25) is 9.59 Å². The lowest BCUT2D eigenvalue weighted by Crippen LogP contribution is -2.68. The summed E-state index contributed by atoms with van der Waals surface area (Å²) in [6.07, 6.45) is 3.42. The number of nitrogens with one attached hydrogen (secondary N) is 1. The summed E-state index contributed by atoms with van der Waals surface area (Å²) in [7, 11) is 0. The zero-order valence-electron chi connectivity index (χ0n) is 30.3. The lowest BCUT2D eigenvalue weighted by atomic mass is 9.33. The number of hydrogen-bond acceptors (Lipinski definition) is 8. The molecular weight excluding hydrogens is 614 g/mol. The maximum atomic E-state index is 13.0. The number of hydrogen-bond donors (Lipinski definition) is 6. The van der Waals surface area contributed by atoms with Crippen molar-refractivity contribution in [2.24, 2.45) is 50.2 Å². The highest BCUT2D eigenvalue weighted by Gasteiger charge is 2.71. The van der Waals surface area contributed by atoms with Crippen LogP contribution in [0.5, 0.6) is 0 Å². The molecule has 14 atom stereocenters. The number of carbonyl (C=O) groups is 2. The predicted octanol–water partition coefficient (Wildman–Crippen LogP) is 4.17. The molecule has 0 spiro atoms. The van der Waals surface area contributed by atoms with Gasteiger partial charge in [0.15, 0.2) is 6.29 Å². The largest absolute Gasteiger partial charge is 0.481 e. The molecule has 1 heterocycles. The summed E-state index contributed by atoms with van der Waals surface area (Å²) in [6.45, 7) is 17.0. The molecule has 272 valence electrons. The highest BCUT2D eigenvalue weighted by molar-refractivity contribution is 5.77. The number of carboxylic acids is 1. The molecule has 5 aliphatic carbocycles. The van der Waals surface area contributed by atoms with Crippen LogP contribution in [0.2, 0.25) is 0 Å². The van der Waals surface area contributed by atoms with Crippen LogP contribution in [0.25, 0.3) is 0 Å². The first kappa shape index (κ1) is 36.2. The van der Waals surface area contributed by atoms with Crippen LogP contribution in [0.15, 0.2) is 11.6 Å². The molecule has 1 aliphatic heterocycles. The smallest absolute Gasteiger partial charge is 0.312 e. The molecule has 6 aliphatic rings. The Morgan fingerprint density at radius 2 is 1.62 bits per heavy atom. The minimum Gasteiger partial charge on any atom is -0.481 e. The number of allylic oxidation sites excluding steroid dienone is 2. The zero-order valence-corrected chi connectivity index (χ0v) is 30.3. The van der Waals surface area contributed by atoms with E-state index in [9.17, 15) is 35.1 Å². The lowest BCUT2D eigenvalue weighted by Gasteiger charge is -2.71. The summed E-state index contributed by atoms with van der Waals surface area (Å²) in [4.78, 5) is 25.1. The molecule has 0 unspecified atom stereocenters. The monoisotopic (exact) mass is 675 g/mol. The second-order valence-electron chi connectivity index (χ2n) is 18.7. The molecule has 1 amide bonds. The van der Waals surface area contributed by atoms with Crippen LogP contribution < -0.4 is 5.32 Å². The molecule has 0 aromatic heterocycles. The highest BCUT2D eigenvalue weighted by atomic mass is 16.7. The molecule has 4 saturated carbocycles. The van der Waals surface area contributed by atoms with Gasteiger partial charge in [0.25, 0.3) is 0 Å². The summed E-state index contributed by atoms with van der Waals surface area (Å²) in [5.74, 6) is -0.798. The van der Waals surface area contributed by atoms with Gasteiger partial charge in [-0.2, -0.15) is 0 Å². The Balaban J connectivity index is 1.31. The van der Waals surface area contributed by atoms with Crippen LogP contribution in [0, 0.1) is 50.2 Å². The summed E-state index contributed by atoms with van der Waals surface area (Å²) >= 11 is 0. The number of fused-ring (bicyclic) bond motifs is 7. The van der Waals surface area contributed by atoms with Crippen molar-refractivity contribution >= 4 is 11.9 Å². The lowest BCUT2D eigenvalue weighted by molar-refractivity contribution is -0.307. The van der Waals surface area contributed by atoms with E-state index < -0.39 is 54.7 Å². The van der Waals surface area contributed by atoms with E-state index in [0.29, 0.717) is 18.8 Å². The van der Waals surface area contributed by atoms with E-state index in [1.54, 1.807) is 0 Å². The van der Waals surface area contributed by atoms with Crippen LogP contribution in [0.4, 0.5) is 0 Å². The maximum Gasteiger partial charge on any atom is 0.312 e. The molecule has 0 radical (unpaired) electrons. The Hall–Kier alpha value is -1.56. The fourth-order valence-corrected chi connectivity index (χ4v) is 12.7. The van der Waals surface area contributed by atoms with Crippen molar-refractivity contribution in [1.82, 2.24) is 5.32 Å². The molecule has 10 nitrogen and oxygen atoms in total. The number of amides is 1. The highest BCUT2D eigenvalue weighted by Crippen LogP contribution is 2.76. The molecule has 10 heteroatoms. The second kappa shape index (κ2) is 11.7. The van der Waals surface area contributed by atoms with Crippen LogP contribution in [-0.2, 0) is 19.1 Å². The number of carboxylic acid groups (broad SMARTS) is 1. The Morgan fingerprint density at radius 3 is 2.25 bits per heavy atom. The van der Waals surface area contributed by atoms with E-state index in [4.69, 9.17) is 9.47 Å². The molecule has 0 bridgehead atoms. The van der Waals surface area contributed by atoms with Gasteiger partial charge < -0.3 is 40.3 Å². The standard InChI is InChI=1S/C38H61NO9/c1-20(41)39-28-30(44)29(43)23(19-40)47-31(28)48-27-12-13-35(6)24(34(27,4)5)11-14-36(7)25(35)10-9-21-22-17-33(2,3)15-16-38(22,32(45)46)26(42)18-37(21,36)8/h9,22-31,40,42-44H,10-19H2,1-8H3,(H,39,41)(H,45,46)/t22-,23+,24-,25-,26+,27-,28-,29-,30+,31-,35-,36-,37+,38-/m1/s1.